The molecule has 0 aliphatic heterocycles. The summed E-state index contributed by atoms with van der Waals surface area (Å²) in [5.74, 6) is -1.61. The van der Waals surface area contributed by atoms with Crippen molar-refractivity contribution >= 4 is 17.7 Å². The van der Waals surface area contributed by atoms with Gasteiger partial charge in [-0.15, -0.1) is 0 Å². The number of ketones is 1. The van der Waals surface area contributed by atoms with E-state index in [2.05, 4.69) is 4.98 Å². The molecule has 2 rings (SSSR count). The molecule has 1 N–H and O–H groups in total. The Hall–Kier alpha value is -2.89. The Morgan fingerprint density at radius 2 is 1.48 bits per heavy atom. The number of benzene rings is 1. The standard InChI is InChI=1S/C19H21NO5/c1-5-24-19(23)17-13(4)20-12(3)16(17)15(21)10-25-18(22)14-8-6-11(2)7-9-14/h6-9,20H,5,10H2,1-4H3. The predicted molar refractivity (Wildman–Crippen MR) is 92.0 cm³/mol. The summed E-state index contributed by atoms with van der Waals surface area (Å²) >= 11 is 0. The highest BCUT2D eigenvalue weighted by atomic mass is 16.5. The molecule has 6 nitrogen and oxygen atoms in total. The van der Waals surface area contributed by atoms with E-state index in [0.29, 0.717) is 17.0 Å². The molecule has 132 valence electrons. The second kappa shape index (κ2) is 7.79. The number of hydrogen-bond donors (Lipinski definition) is 1. The molecule has 0 radical (unpaired) electrons. The second-order valence-electron chi connectivity index (χ2n) is 5.71. The summed E-state index contributed by atoms with van der Waals surface area (Å²) in [4.78, 5) is 39.6. The Kier molecular flexibility index (Phi) is 5.75. The summed E-state index contributed by atoms with van der Waals surface area (Å²) in [6.07, 6.45) is 0. The molecule has 0 unspecified atom stereocenters. The molecule has 0 amide bonds. The average molecular weight is 343 g/mol. The molecule has 0 saturated heterocycles. The molecular formula is C19H21NO5. The zero-order valence-corrected chi connectivity index (χ0v) is 14.8. The minimum atomic E-state index is -0.587. The Labute approximate surface area is 146 Å². The lowest BCUT2D eigenvalue weighted by Crippen LogP contribution is -2.18. The zero-order valence-electron chi connectivity index (χ0n) is 14.8. The lowest BCUT2D eigenvalue weighted by Gasteiger charge is -2.07. The van der Waals surface area contributed by atoms with Crippen LogP contribution in [0.15, 0.2) is 24.3 Å². The molecule has 0 atom stereocenters. The number of esters is 2. The van der Waals surface area contributed by atoms with Crippen molar-refractivity contribution in [3.05, 3.63) is 57.9 Å². The molecule has 0 saturated carbocycles. The van der Waals surface area contributed by atoms with Gasteiger partial charge in [0.2, 0.25) is 5.78 Å². The maximum atomic E-state index is 12.5. The third-order valence-electron chi connectivity index (χ3n) is 3.76. The summed E-state index contributed by atoms with van der Waals surface area (Å²) in [5.41, 5.74) is 2.86. The van der Waals surface area contributed by atoms with Crippen molar-refractivity contribution in [2.75, 3.05) is 13.2 Å². The first-order valence-electron chi connectivity index (χ1n) is 7.98. The normalized spacial score (nSPS) is 10.4. The van der Waals surface area contributed by atoms with E-state index in [-0.39, 0.29) is 17.7 Å². The van der Waals surface area contributed by atoms with Crippen molar-refractivity contribution in [1.29, 1.82) is 0 Å². The van der Waals surface area contributed by atoms with Gasteiger partial charge in [-0.2, -0.15) is 0 Å². The highest BCUT2D eigenvalue weighted by molar-refractivity contribution is 6.09. The first-order chi connectivity index (χ1) is 11.8. The minimum Gasteiger partial charge on any atom is -0.462 e. The molecule has 2 aromatic rings. The fourth-order valence-corrected chi connectivity index (χ4v) is 2.56. The van der Waals surface area contributed by atoms with Gasteiger partial charge >= 0.3 is 11.9 Å². The van der Waals surface area contributed by atoms with Gasteiger partial charge in [0.1, 0.15) is 0 Å². The molecule has 0 bridgehead atoms. The number of ether oxygens (including phenoxy) is 2. The predicted octanol–water partition coefficient (Wildman–Crippen LogP) is 3.16. The van der Waals surface area contributed by atoms with Crippen molar-refractivity contribution < 1.29 is 23.9 Å². The Morgan fingerprint density at radius 3 is 2.08 bits per heavy atom. The molecule has 6 heteroatoms. The molecule has 0 aliphatic rings. The fourth-order valence-electron chi connectivity index (χ4n) is 2.56. The van der Waals surface area contributed by atoms with Crippen LogP contribution < -0.4 is 0 Å². The van der Waals surface area contributed by atoms with Crippen LogP contribution in [0.1, 0.15) is 54.9 Å². The van der Waals surface area contributed by atoms with E-state index >= 15 is 0 Å². The first-order valence-corrected chi connectivity index (χ1v) is 7.98. The summed E-state index contributed by atoms with van der Waals surface area (Å²) in [6.45, 7) is 6.74. The lowest BCUT2D eigenvalue weighted by atomic mass is 10.1. The third-order valence-corrected chi connectivity index (χ3v) is 3.76. The number of hydrogen-bond acceptors (Lipinski definition) is 5. The van der Waals surface area contributed by atoms with Gasteiger partial charge < -0.3 is 14.5 Å². The van der Waals surface area contributed by atoms with Crippen LogP contribution in [-0.2, 0) is 9.47 Å². The van der Waals surface area contributed by atoms with E-state index in [9.17, 15) is 14.4 Å². The van der Waals surface area contributed by atoms with E-state index in [0.717, 1.165) is 5.56 Å². The number of Topliss-reactive ketones (excluding diaryl/α,β-unsaturated/α-hetero) is 1. The van der Waals surface area contributed by atoms with Crippen LogP contribution in [0.5, 0.6) is 0 Å². The van der Waals surface area contributed by atoms with Crippen LogP contribution in [0.2, 0.25) is 0 Å². The van der Waals surface area contributed by atoms with E-state index in [4.69, 9.17) is 9.47 Å². The molecule has 1 aromatic heterocycles. The molecule has 1 heterocycles. The monoisotopic (exact) mass is 343 g/mol. The van der Waals surface area contributed by atoms with Crippen molar-refractivity contribution in [2.24, 2.45) is 0 Å². The van der Waals surface area contributed by atoms with Crippen molar-refractivity contribution in [2.45, 2.75) is 27.7 Å². The van der Waals surface area contributed by atoms with Gasteiger partial charge in [0.05, 0.1) is 23.3 Å². The number of aryl methyl sites for hydroxylation is 3. The molecule has 0 fully saturated rings. The van der Waals surface area contributed by atoms with Gasteiger partial charge in [-0.25, -0.2) is 9.59 Å². The number of carbonyl (C=O) groups excluding carboxylic acids is 3. The highest BCUT2D eigenvalue weighted by Crippen LogP contribution is 2.20. The number of nitrogens with one attached hydrogen (secondary N) is 1. The highest BCUT2D eigenvalue weighted by Gasteiger charge is 2.26. The molecule has 1 aromatic carbocycles. The maximum absolute atomic E-state index is 12.5. The van der Waals surface area contributed by atoms with Gasteiger partial charge in [-0.1, -0.05) is 17.7 Å². The quantitative estimate of drug-likeness (QED) is 0.643. The minimum absolute atomic E-state index is 0.190. The van der Waals surface area contributed by atoms with Crippen LogP contribution in [0, 0.1) is 20.8 Å². The lowest BCUT2D eigenvalue weighted by molar-refractivity contribution is 0.0472. The van der Waals surface area contributed by atoms with Gasteiger partial charge in [0.15, 0.2) is 6.61 Å². The van der Waals surface area contributed by atoms with Crippen molar-refractivity contribution in [3.63, 3.8) is 0 Å². The number of aromatic amines is 1. The van der Waals surface area contributed by atoms with Crippen molar-refractivity contribution in [1.82, 2.24) is 4.98 Å². The SMILES string of the molecule is CCOC(=O)c1c(C)[nH]c(C)c1C(=O)COC(=O)c1ccc(C)cc1. The summed E-state index contributed by atoms with van der Waals surface area (Å²) in [6, 6.07) is 6.85. The largest absolute Gasteiger partial charge is 0.462 e. The smallest absolute Gasteiger partial charge is 0.340 e. The number of carbonyl (C=O) groups is 3. The Morgan fingerprint density at radius 1 is 0.880 bits per heavy atom. The van der Waals surface area contributed by atoms with E-state index < -0.39 is 24.3 Å². The first kappa shape index (κ1) is 18.4. The van der Waals surface area contributed by atoms with Crippen LogP contribution >= 0.6 is 0 Å². The fraction of sp³-hybridized carbons (Fsp3) is 0.316. The van der Waals surface area contributed by atoms with Crippen LogP contribution in [-0.4, -0.2) is 35.9 Å². The molecule has 25 heavy (non-hydrogen) atoms. The Balaban J connectivity index is 2.14. The summed E-state index contributed by atoms with van der Waals surface area (Å²) in [7, 11) is 0. The van der Waals surface area contributed by atoms with Crippen molar-refractivity contribution in [3.8, 4) is 0 Å². The van der Waals surface area contributed by atoms with Gasteiger partial charge in [0.25, 0.3) is 0 Å². The number of aromatic nitrogens is 1. The summed E-state index contributed by atoms with van der Waals surface area (Å²) < 4.78 is 10.1. The van der Waals surface area contributed by atoms with E-state index in [1.807, 2.05) is 6.92 Å². The van der Waals surface area contributed by atoms with Crippen LogP contribution in [0.3, 0.4) is 0 Å². The topological polar surface area (TPSA) is 85.5 Å². The number of H-pyrrole nitrogens is 1. The third kappa shape index (κ3) is 4.15. The van der Waals surface area contributed by atoms with Gasteiger partial charge in [-0.05, 0) is 39.8 Å². The average Bonchev–Trinajstić information content (AvgIpc) is 2.87. The number of rotatable bonds is 6. The molecule has 0 spiro atoms. The second-order valence-corrected chi connectivity index (χ2v) is 5.71. The van der Waals surface area contributed by atoms with Crippen LogP contribution in [0.4, 0.5) is 0 Å². The maximum Gasteiger partial charge on any atom is 0.340 e. The summed E-state index contributed by atoms with van der Waals surface area (Å²) in [5, 5.41) is 0. The van der Waals surface area contributed by atoms with Gasteiger partial charge in [-0.3, -0.25) is 4.79 Å². The van der Waals surface area contributed by atoms with E-state index in [1.165, 1.54) is 0 Å². The van der Waals surface area contributed by atoms with Crippen LogP contribution in [0.25, 0.3) is 0 Å². The molecule has 0 aliphatic carbocycles. The van der Waals surface area contributed by atoms with E-state index in [1.54, 1.807) is 45.0 Å². The van der Waals surface area contributed by atoms with Gasteiger partial charge in [0, 0.05) is 11.4 Å². The Bertz CT molecular complexity index is 802. The zero-order chi connectivity index (χ0) is 18.6. The molecular weight excluding hydrogens is 322 g/mol.